The lowest BCUT2D eigenvalue weighted by Crippen LogP contribution is -2.00. The molecular formula is C57H35N3. The molecule has 0 saturated heterocycles. The predicted molar refractivity (Wildman–Crippen MR) is 252 cm³/mol. The Balaban J connectivity index is 0.972. The second kappa shape index (κ2) is 13.8. The molecule has 0 radical (unpaired) electrons. The second-order valence-electron chi connectivity index (χ2n) is 15.5. The summed E-state index contributed by atoms with van der Waals surface area (Å²) in [5.74, 6) is 1.91. The van der Waals surface area contributed by atoms with Crippen molar-refractivity contribution in [2.24, 2.45) is 0 Å². The molecule has 0 N–H and O–H groups in total. The summed E-state index contributed by atoms with van der Waals surface area (Å²) < 4.78 is 0. The fourth-order valence-electron chi connectivity index (χ4n) is 9.25. The van der Waals surface area contributed by atoms with Crippen LogP contribution in [-0.2, 0) is 0 Å². The zero-order valence-electron chi connectivity index (χ0n) is 32.5. The minimum Gasteiger partial charge on any atom is -0.208 e. The van der Waals surface area contributed by atoms with Gasteiger partial charge in [0.2, 0.25) is 0 Å². The molecule has 3 nitrogen and oxygen atoms in total. The van der Waals surface area contributed by atoms with Crippen molar-refractivity contribution in [3.05, 3.63) is 212 Å². The fraction of sp³-hybridized carbons (Fsp3) is 0. The Bertz CT molecular complexity index is 3630. The minimum atomic E-state index is 0.635. The first-order valence-corrected chi connectivity index (χ1v) is 20.4. The van der Waals surface area contributed by atoms with Gasteiger partial charge in [0.15, 0.2) is 17.5 Å². The molecule has 3 heteroatoms. The Morgan fingerprint density at radius 3 is 1.10 bits per heavy atom. The van der Waals surface area contributed by atoms with Gasteiger partial charge in [-0.15, -0.1) is 0 Å². The normalized spacial score (nSPS) is 11.7. The third-order valence-corrected chi connectivity index (χ3v) is 12.1. The van der Waals surface area contributed by atoms with Gasteiger partial charge in [0.1, 0.15) is 0 Å². The highest BCUT2D eigenvalue weighted by Gasteiger charge is 2.17. The van der Waals surface area contributed by atoms with Gasteiger partial charge in [0.05, 0.1) is 0 Å². The average Bonchev–Trinajstić information content (AvgIpc) is 3.33. The van der Waals surface area contributed by atoms with Crippen molar-refractivity contribution < 1.29 is 0 Å². The summed E-state index contributed by atoms with van der Waals surface area (Å²) in [5.41, 5.74) is 7.51. The van der Waals surface area contributed by atoms with Crippen LogP contribution >= 0.6 is 0 Å². The van der Waals surface area contributed by atoms with Crippen LogP contribution in [-0.4, -0.2) is 15.0 Å². The number of fused-ring (bicyclic) bond motifs is 11. The van der Waals surface area contributed by atoms with Crippen LogP contribution in [0.2, 0.25) is 0 Å². The Labute approximate surface area is 346 Å². The molecule has 0 aliphatic carbocycles. The van der Waals surface area contributed by atoms with E-state index in [-0.39, 0.29) is 0 Å². The van der Waals surface area contributed by atoms with E-state index in [0.717, 1.165) is 27.8 Å². The van der Waals surface area contributed by atoms with Crippen molar-refractivity contribution in [3.8, 4) is 56.4 Å². The quantitative estimate of drug-likeness (QED) is 0.164. The van der Waals surface area contributed by atoms with E-state index in [2.05, 4.69) is 194 Å². The van der Waals surface area contributed by atoms with Crippen molar-refractivity contribution in [1.82, 2.24) is 15.0 Å². The van der Waals surface area contributed by atoms with Gasteiger partial charge in [-0.25, -0.2) is 15.0 Å². The Kier molecular flexibility index (Phi) is 7.85. The number of aromatic nitrogens is 3. The molecule has 0 fully saturated rings. The van der Waals surface area contributed by atoms with Crippen LogP contribution in [0.5, 0.6) is 0 Å². The molecule has 0 spiro atoms. The molecule has 0 unspecified atom stereocenters. The van der Waals surface area contributed by atoms with Crippen LogP contribution in [0.1, 0.15) is 0 Å². The standard InChI is InChI=1S/C57H35N3/c1-2-14-38(15-3-1)55-58-56(39-30-26-36(27-31-39)51-34-41-16-4-5-17-42(41)43-18-6-8-21-46(43)51)60-57(59-55)40-32-28-37(29-33-40)52-35-53-47-22-9-7-19-44(47)45-20-10-12-24-49(45)54(53)50-25-13-11-23-48(50)52/h1-35H. The molecule has 0 aliphatic heterocycles. The molecule has 0 saturated carbocycles. The lowest BCUT2D eigenvalue weighted by molar-refractivity contribution is 1.07. The first-order valence-electron chi connectivity index (χ1n) is 20.4. The van der Waals surface area contributed by atoms with Gasteiger partial charge in [-0.2, -0.15) is 0 Å². The van der Waals surface area contributed by atoms with Crippen LogP contribution in [0.15, 0.2) is 212 Å². The van der Waals surface area contributed by atoms with Crippen molar-refractivity contribution in [2.75, 3.05) is 0 Å². The maximum Gasteiger partial charge on any atom is 0.164 e. The largest absolute Gasteiger partial charge is 0.208 e. The molecule has 0 bridgehead atoms. The highest BCUT2D eigenvalue weighted by Crippen LogP contribution is 2.43. The van der Waals surface area contributed by atoms with E-state index >= 15 is 0 Å². The van der Waals surface area contributed by atoms with Crippen LogP contribution < -0.4 is 0 Å². The lowest BCUT2D eigenvalue weighted by Gasteiger charge is -2.16. The monoisotopic (exact) mass is 761 g/mol. The van der Waals surface area contributed by atoms with Crippen LogP contribution in [0.3, 0.4) is 0 Å². The third-order valence-electron chi connectivity index (χ3n) is 12.1. The van der Waals surface area contributed by atoms with E-state index in [9.17, 15) is 0 Å². The molecule has 0 atom stereocenters. The van der Waals surface area contributed by atoms with E-state index in [4.69, 9.17) is 15.0 Å². The van der Waals surface area contributed by atoms with Crippen molar-refractivity contribution in [2.45, 2.75) is 0 Å². The van der Waals surface area contributed by atoms with Gasteiger partial charge in [0, 0.05) is 16.7 Å². The summed E-state index contributed by atoms with van der Waals surface area (Å²) in [5, 5.41) is 15.1. The summed E-state index contributed by atoms with van der Waals surface area (Å²) in [7, 11) is 0. The van der Waals surface area contributed by atoms with Gasteiger partial charge < -0.3 is 0 Å². The van der Waals surface area contributed by atoms with E-state index < -0.39 is 0 Å². The van der Waals surface area contributed by atoms with E-state index in [1.165, 1.54) is 75.8 Å². The van der Waals surface area contributed by atoms with E-state index in [1.807, 2.05) is 18.2 Å². The molecule has 278 valence electrons. The van der Waals surface area contributed by atoms with Gasteiger partial charge in [-0.3, -0.25) is 0 Å². The summed E-state index contributed by atoms with van der Waals surface area (Å²) in [4.78, 5) is 15.2. The minimum absolute atomic E-state index is 0.635. The first kappa shape index (κ1) is 34.1. The predicted octanol–water partition coefficient (Wildman–Crippen LogP) is 15.1. The molecule has 1 aromatic heterocycles. The molecule has 0 aliphatic rings. The zero-order valence-corrected chi connectivity index (χ0v) is 32.5. The van der Waals surface area contributed by atoms with E-state index in [1.54, 1.807) is 0 Å². The van der Waals surface area contributed by atoms with Crippen LogP contribution in [0, 0.1) is 0 Å². The molecule has 60 heavy (non-hydrogen) atoms. The number of benzene rings is 11. The molecular weight excluding hydrogens is 727 g/mol. The Morgan fingerprint density at radius 2 is 0.550 bits per heavy atom. The Morgan fingerprint density at radius 1 is 0.217 bits per heavy atom. The SMILES string of the molecule is c1ccc(-c2nc(-c3ccc(-c4cc5ccccc5c5ccccc45)cc3)nc(-c3ccc(-c4cc5c6ccccc6c6ccccc6c5c5ccccc45)cc3)n2)cc1. The van der Waals surface area contributed by atoms with Crippen LogP contribution in [0.25, 0.3) is 121 Å². The lowest BCUT2D eigenvalue weighted by atomic mass is 9.87. The van der Waals surface area contributed by atoms with Crippen molar-refractivity contribution in [1.29, 1.82) is 0 Å². The summed E-state index contributed by atoms with van der Waals surface area (Å²) >= 11 is 0. The zero-order chi connectivity index (χ0) is 39.6. The average molecular weight is 762 g/mol. The summed E-state index contributed by atoms with van der Waals surface area (Å²) in [6.45, 7) is 0. The molecule has 12 rings (SSSR count). The second-order valence-corrected chi connectivity index (χ2v) is 15.5. The maximum absolute atomic E-state index is 5.13. The maximum atomic E-state index is 5.13. The van der Waals surface area contributed by atoms with Crippen molar-refractivity contribution in [3.63, 3.8) is 0 Å². The van der Waals surface area contributed by atoms with Gasteiger partial charge in [-0.05, 0) is 99.0 Å². The number of rotatable bonds is 5. The highest BCUT2D eigenvalue weighted by atomic mass is 15.0. The number of nitrogens with zero attached hydrogens (tertiary/aromatic N) is 3. The van der Waals surface area contributed by atoms with Crippen molar-refractivity contribution >= 4 is 64.6 Å². The first-order chi connectivity index (χ1) is 29.7. The number of hydrogen-bond acceptors (Lipinski definition) is 3. The van der Waals surface area contributed by atoms with E-state index in [0.29, 0.717) is 17.5 Å². The number of hydrogen-bond donors (Lipinski definition) is 0. The fourth-order valence-corrected chi connectivity index (χ4v) is 9.25. The summed E-state index contributed by atoms with van der Waals surface area (Å²) in [6.07, 6.45) is 0. The van der Waals surface area contributed by atoms with Gasteiger partial charge in [-0.1, -0.05) is 200 Å². The molecule has 12 aromatic rings. The third kappa shape index (κ3) is 5.55. The molecule has 11 aromatic carbocycles. The molecule has 1 heterocycles. The molecule has 0 amide bonds. The van der Waals surface area contributed by atoms with Gasteiger partial charge >= 0.3 is 0 Å². The van der Waals surface area contributed by atoms with Crippen LogP contribution in [0.4, 0.5) is 0 Å². The topological polar surface area (TPSA) is 38.7 Å². The van der Waals surface area contributed by atoms with Gasteiger partial charge in [0.25, 0.3) is 0 Å². The smallest absolute Gasteiger partial charge is 0.164 e. The summed E-state index contributed by atoms with van der Waals surface area (Å²) in [6, 6.07) is 75.9. The highest BCUT2D eigenvalue weighted by molar-refractivity contribution is 6.33. The Hall–Kier alpha value is -8.01.